The van der Waals surface area contributed by atoms with Crippen LogP contribution in [0.4, 0.5) is 0 Å². The first-order valence-electron chi connectivity index (χ1n) is 7.83. The van der Waals surface area contributed by atoms with Crippen LogP contribution in [0.1, 0.15) is 69.5 Å². The van der Waals surface area contributed by atoms with Crippen LogP contribution in [-0.4, -0.2) is 45.4 Å². The van der Waals surface area contributed by atoms with Gasteiger partial charge in [-0.05, 0) is 39.2 Å². The van der Waals surface area contributed by atoms with E-state index in [9.17, 15) is 5.11 Å². The maximum atomic E-state index is 9.89. The molecule has 3 rings (SSSR count). The number of hydrogen-bond acceptors (Lipinski definition) is 5. The molecule has 1 aromatic rings. The fourth-order valence-corrected chi connectivity index (χ4v) is 3.74. The maximum Gasteiger partial charge on any atom is 0.232 e. The van der Waals surface area contributed by atoms with E-state index in [2.05, 4.69) is 22.1 Å². The molecule has 0 amide bonds. The molecule has 1 aromatic heterocycles. The lowest BCUT2D eigenvalue weighted by Crippen LogP contribution is -2.39. The van der Waals surface area contributed by atoms with Crippen molar-refractivity contribution in [2.45, 2.75) is 76.0 Å². The third kappa shape index (κ3) is 2.37. The van der Waals surface area contributed by atoms with E-state index in [4.69, 9.17) is 4.52 Å². The van der Waals surface area contributed by atoms with Gasteiger partial charge in [-0.15, -0.1) is 0 Å². The molecule has 2 bridgehead atoms. The van der Waals surface area contributed by atoms with Crippen molar-refractivity contribution in [3.8, 4) is 0 Å². The van der Waals surface area contributed by atoms with Gasteiger partial charge in [-0.3, -0.25) is 0 Å². The minimum atomic E-state index is -0.406. The zero-order valence-electron chi connectivity index (χ0n) is 12.6. The van der Waals surface area contributed by atoms with Crippen molar-refractivity contribution in [3.05, 3.63) is 11.7 Å². The lowest BCUT2D eigenvalue weighted by Gasteiger charge is -2.34. The Labute approximate surface area is 120 Å². The molecule has 5 nitrogen and oxygen atoms in total. The second kappa shape index (κ2) is 5.45. The molecule has 0 spiro atoms. The summed E-state index contributed by atoms with van der Waals surface area (Å²) in [4.78, 5) is 7.08. The number of aromatic nitrogens is 2. The monoisotopic (exact) mass is 279 g/mol. The highest BCUT2D eigenvalue weighted by Gasteiger charge is 2.40. The van der Waals surface area contributed by atoms with Crippen molar-refractivity contribution >= 4 is 0 Å². The molecule has 112 valence electrons. The van der Waals surface area contributed by atoms with Crippen molar-refractivity contribution in [2.75, 3.05) is 7.05 Å². The molecule has 2 fully saturated rings. The van der Waals surface area contributed by atoms with Crippen molar-refractivity contribution in [1.29, 1.82) is 0 Å². The van der Waals surface area contributed by atoms with E-state index in [1.54, 1.807) is 0 Å². The fraction of sp³-hybridized carbons (Fsp3) is 0.867. The van der Waals surface area contributed by atoms with Gasteiger partial charge in [0.15, 0.2) is 5.82 Å². The van der Waals surface area contributed by atoms with Crippen molar-refractivity contribution in [2.24, 2.45) is 0 Å². The fourth-order valence-electron chi connectivity index (χ4n) is 3.74. The van der Waals surface area contributed by atoms with Gasteiger partial charge in [0, 0.05) is 18.0 Å². The minimum Gasteiger partial charge on any atom is -0.392 e. The van der Waals surface area contributed by atoms with Gasteiger partial charge in [0.2, 0.25) is 5.89 Å². The third-order valence-corrected chi connectivity index (χ3v) is 5.31. The third-order valence-electron chi connectivity index (χ3n) is 5.31. The molecule has 0 radical (unpaired) electrons. The SMILES string of the molecule is CCC(O)C(C)c1nc(C2CC3CCC(C2)N3C)no1. The Bertz CT molecular complexity index is 448. The number of nitrogens with zero attached hydrogens (tertiary/aromatic N) is 3. The zero-order valence-corrected chi connectivity index (χ0v) is 12.6. The molecule has 20 heavy (non-hydrogen) atoms. The summed E-state index contributed by atoms with van der Waals surface area (Å²) in [5.41, 5.74) is 0. The molecule has 5 heteroatoms. The molecule has 4 unspecified atom stereocenters. The summed E-state index contributed by atoms with van der Waals surface area (Å²) in [5.74, 6) is 1.78. The second-order valence-electron chi connectivity index (χ2n) is 6.47. The maximum absolute atomic E-state index is 9.89. The minimum absolute atomic E-state index is 0.0794. The molecule has 4 atom stereocenters. The topological polar surface area (TPSA) is 62.4 Å². The van der Waals surface area contributed by atoms with E-state index in [1.807, 2.05) is 13.8 Å². The van der Waals surface area contributed by atoms with Crippen LogP contribution in [0.5, 0.6) is 0 Å². The Balaban J connectivity index is 1.71. The largest absolute Gasteiger partial charge is 0.392 e. The first-order valence-corrected chi connectivity index (χ1v) is 7.83. The van der Waals surface area contributed by atoms with Gasteiger partial charge in [0.1, 0.15) is 0 Å². The van der Waals surface area contributed by atoms with Gasteiger partial charge < -0.3 is 14.5 Å². The van der Waals surface area contributed by atoms with Crippen LogP contribution >= 0.6 is 0 Å². The highest BCUT2D eigenvalue weighted by atomic mass is 16.5. The molecule has 2 aliphatic heterocycles. The van der Waals surface area contributed by atoms with Gasteiger partial charge in [-0.25, -0.2) is 0 Å². The molecule has 3 heterocycles. The Hall–Kier alpha value is -0.940. The smallest absolute Gasteiger partial charge is 0.232 e. The molecule has 2 aliphatic rings. The molecule has 0 aromatic carbocycles. The lowest BCUT2D eigenvalue weighted by molar-refractivity contribution is 0.129. The zero-order chi connectivity index (χ0) is 14.3. The van der Waals surface area contributed by atoms with Crippen LogP contribution in [0.3, 0.4) is 0 Å². The second-order valence-corrected chi connectivity index (χ2v) is 6.47. The van der Waals surface area contributed by atoms with Gasteiger partial charge in [0.05, 0.1) is 12.0 Å². The standard InChI is InChI=1S/C15H25N3O2/c1-4-13(19)9(2)15-16-14(17-20-15)10-7-11-5-6-12(8-10)18(11)3/h9-13,19H,4-8H2,1-3H3. The van der Waals surface area contributed by atoms with Gasteiger partial charge >= 0.3 is 0 Å². The molecular formula is C15H25N3O2. The van der Waals surface area contributed by atoms with E-state index in [-0.39, 0.29) is 5.92 Å². The molecule has 1 N–H and O–H groups in total. The van der Waals surface area contributed by atoms with Gasteiger partial charge in [-0.2, -0.15) is 4.98 Å². The number of rotatable bonds is 4. The predicted molar refractivity (Wildman–Crippen MR) is 75.6 cm³/mol. The van der Waals surface area contributed by atoms with Crippen LogP contribution in [-0.2, 0) is 0 Å². The number of piperidine rings is 1. The van der Waals surface area contributed by atoms with Crippen LogP contribution in [0.15, 0.2) is 4.52 Å². The van der Waals surface area contributed by atoms with E-state index in [1.165, 1.54) is 12.8 Å². The van der Waals surface area contributed by atoms with Crippen LogP contribution in [0.2, 0.25) is 0 Å². The van der Waals surface area contributed by atoms with E-state index in [0.717, 1.165) is 18.7 Å². The number of hydrogen-bond donors (Lipinski definition) is 1. The van der Waals surface area contributed by atoms with Crippen molar-refractivity contribution in [3.63, 3.8) is 0 Å². The summed E-state index contributed by atoms with van der Waals surface area (Å²) in [7, 11) is 2.24. The molecule has 0 saturated carbocycles. The van der Waals surface area contributed by atoms with Crippen molar-refractivity contribution < 1.29 is 9.63 Å². The molecule has 2 saturated heterocycles. The number of aliphatic hydroxyl groups is 1. The van der Waals surface area contributed by atoms with Gasteiger partial charge in [0.25, 0.3) is 0 Å². The number of aliphatic hydroxyl groups excluding tert-OH is 1. The summed E-state index contributed by atoms with van der Waals surface area (Å²) in [5, 5.41) is 14.1. The average Bonchev–Trinajstić information content (AvgIpc) is 3.00. The molecule has 0 aliphatic carbocycles. The average molecular weight is 279 g/mol. The molecular weight excluding hydrogens is 254 g/mol. The van der Waals surface area contributed by atoms with Crippen molar-refractivity contribution in [1.82, 2.24) is 15.0 Å². The first kappa shape index (κ1) is 14.0. The van der Waals surface area contributed by atoms with Crippen LogP contribution in [0.25, 0.3) is 0 Å². The Morgan fingerprint density at radius 3 is 2.60 bits per heavy atom. The lowest BCUT2D eigenvalue weighted by atomic mass is 9.90. The van der Waals surface area contributed by atoms with E-state index in [0.29, 0.717) is 30.3 Å². The summed E-state index contributed by atoms with van der Waals surface area (Å²) in [6.45, 7) is 3.91. The Morgan fingerprint density at radius 1 is 1.35 bits per heavy atom. The van der Waals surface area contributed by atoms with Gasteiger partial charge in [-0.1, -0.05) is 19.0 Å². The van der Waals surface area contributed by atoms with E-state index >= 15 is 0 Å². The summed E-state index contributed by atoms with van der Waals surface area (Å²) >= 11 is 0. The number of fused-ring (bicyclic) bond motifs is 2. The normalized spacial score (nSPS) is 33.3. The Kier molecular flexibility index (Phi) is 3.82. The quantitative estimate of drug-likeness (QED) is 0.916. The highest BCUT2D eigenvalue weighted by Crippen LogP contribution is 2.41. The summed E-state index contributed by atoms with van der Waals surface area (Å²) in [6, 6.07) is 1.36. The summed E-state index contributed by atoms with van der Waals surface area (Å²) in [6.07, 6.45) is 5.17. The Morgan fingerprint density at radius 2 is 2.00 bits per heavy atom. The first-order chi connectivity index (χ1) is 9.60. The highest BCUT2D eigenvalue weighted by molar-refractivity contribution is 5.06. The van der Waals surface area contributed by atoms with Crippen LogP contribution in [0, 0.1) is 0 Å². The van der Waals surface area contributed by atoms with Crippen LogP contribution < -0.4 is 0 Å². The van der Waals surface area contributed by atoms with E-state index < -0.39 is 6.10 Å². The predicted octanol–water partition coefficient (Wildman–Crippen LogP) is 2.28. The summed E-state index contributed by atoms with van der Waals surface area (Å²) < 4.78 is 5.39.